The SMILES string of the molecule is CCOC(=O)[C@@H](C)Oc1ccccc1F. The summed E-state index contributed by atoms with van der Waals surface area (Å²) in [7, 11) is 0. The smallest absolute Gasteiger partial charge is 0.347 e. The number of esters is 1. The van der Waals surface area contributed by atoms with E-state index in [2.05, 4.69) is 0 Å². The van der Waals surface area contributed by atoms with E-state index in [9.17, 15) is 9.18 Å². The molecule has 1 atom stereocenters. The summed E-state index contributed by atoms with van der Waals surface area (Å²) in [6, 6.07) is 5.92. The lowest BCUT2D eigenvalue weighted by molar-refractivity contribution is -0.150. The predicted molar refractivity (Wildman–Crippen MR) is 53.1 cm³/mol. The number of carbonyl (C=O) groups is 1. The van der Waals surface area contributed by atoms with Crippen molar-refractivity contribution in [1.29, 1.82) is 0 Å². The number of ether oxygens (including phenoxy) is 2. The Morgan fingerprint density at radius 3 is 2.73 bits per heavy atom. The highest BCUT2D eigenvalue weighted by molar-refractivity contribution is 5.74. The number of para-hydroxylation sites is 1. The highest BCUT2D eigenvalue weighted by atomic mass is 19.1. The first-order valence-electron chi connectivity index (χ1n) is 4.73. The summed E-state index contributed by atoms with van der Waals surface area (Å²) in [4.78, 5) is 11.2. The van der Waals surface area contributed by atoms with E-state index in [1.165, 1.54) is 19.1 Å². The lowest BCUT2D eigenvalue weighted by Crippen LogP contribution is -2.26. The van der Waals surface area contributed by atoms with E-state index in [1.807, 2.05) is 0 Å². The maximum Gasteiger partial charge on any atom is 0.347 e. The van der Waals surface area contributed by atoms with E-state index >= 15 is 0 Å². The molecule has 4 heteroatoms. The molecule has 0 heterocycles. The van der Waals surface area contributed by atoms with Gasteiger partial charge >= 0.3 is 5.97 Å². The number of halogens is 1. The van der Waals surface area contributed by atoms with Crippen molar-refractivity contribution < 1.29 is 18.7 Å². The van der Waals surface area contributed by atoms with Gasteiger partial charge in [-0.1, -0.05) is 12.1 Å². The molecule has 1 rings (SSSR count). The van der Waals surface area contributed by atoms with Crippen molar-refractivity contribution in [3.63, 3.8) is 0 Å². The number of rotatable bonds is 4. The fourth-order valence-electron chi connectivity index (χ4n) is 1.04. The monoisotopic (exact) mass is 212 g/mol. The van der Waals surface area contributed by atoms with Gasteiger partial charge in [0.1, 0.15) is 0 Å². The number of hydrogen-bond donors (Lipinski definition) is 0. The Balaban J connectivity index is 2.62. The van der Waals surface area contributed by atoms with Crippen LogP contribution in [0.4, 0.5) is 4.39 Å². The maximum atomic E-state index is 13.1. The third kappa shape index (κ3) is 3.23. The molecule has 3 nitrogen and oxygen atoms in total. The van der Waals surface area contributed by atoms with Crippen LogP contribution in [0.3, 0.4) is 0 Å². The molecular formula is C11H13FO3. The molecule has 0 unspecified atom stereocenters. The van der Waals surface area contributed by atoms with Gasteiger partial charge in [-0.05, 0) is 26.0 Å². The molecule has 1 aromatic rings. The van der Waals surface area contributed by atoms with Gasteiger partial charge in [-0.3, -0.25) is 0 Å². The summed E-state index contributed by atoms with van der Waals surface area (Å²) >= 11 is 0. The van der Waals surface area contributed by atoms with Crippen LogP contribution >= 0.6 is 0 Å². The molecule has 0 aliphatic heterocycles. The minimum Gasteiger partial charge on any atom is -0.476 e. The lowest BCUT2D eigenvalue weighted by atomic mass is 10.3. The second-order valence-electron chi connectivity index (χ2n) is 2.94. The Hall–Kier alpha value is -1.58. The van der Waals surface area contributed by atoms with Crippen LogP contribution < -0.4 is 4.74 Å². The van der Waals surface area contributed by atoms with Gasteiger partial charge in [0.25, 0.3) is 0 Å². The van der Waals surface area contributed by atoms with Gasteiger partial charge < -0.3 is 9.47 Å². The van der Waals surface area contributed by atoms with Crippen LogP contribution in [0.2, 0.25) is 0 Å². The predicted octanol–water partition coefficient (Wildman–Crippen LogP) is 2.16. The van der Waals surface area contributed by atoms with Gasteiger partial charge in [0.2, 0.25) is 0 Å². The molecule has 0 N–H and O–H groups in total. The normalized spacial score (nSPS) is 11.9. The summed E-state index contributed by atoms with van der Waals surface area (Å²) in [6.07, 6.45) is -0.804. The first-order valence-corrected chi connectivity index (χ1v) is 4.73. The number of benzene rings is 1. The summed E-state index contributed by atoms with van der Waals surface area (Å²) in [6.45, 7) is 3.50. The zero-order valence-corrected chi connectivity index (χ0v) is 8.70. The molecule has 1 aromatic carbocycles. The maximum absolute atomic E-state index is 13.1. The molecule has 15 heavy (non-hydrogen) atoms. The zero-order valence-electron chi connectivity index (χ0n) is 8.70. The van der Waals surface area contributed by atoms with Crippen LogP contribution in [0.1, 0.15) is 13.8 Å². The van der Waals surface area contributed by atoms with E-state index in [-0.39, 0.29) is 12.4 Å². The highest BCUT2D eigenvalue weighted by Gasteiger charge is 2.16. The van der Waals surface area contributed by atoms with E-state index < -0.39 is 17.9 Å². The van der Waals surface area contributed by atoms with Gasteiger partial charge in [0.15, 0.2) is 17.7 Å². The fraction of sp³-hybridized carbons (Fsp3) is 0.364. The van der Waals surface area contributed by atoms with Gasteiger partial charge in [-0.25, -0.2) is 9.18 Å². The third-order valence-corrected chi connectivity index (χ3v) is 1.76. The Morgan fingerprint density at radius 1 is 1.47 bits per heavy atom. The van der Waals surface area contributed by atoms with Crippen molar-refractivity contribution >= 4 is 5.97 Å². The van der Waals surface area contributed by atoms with E-state index in [1.54, 1.807) is 19.1 Å². The fourth-order valence-corrected chi connectivity index (χ4v) is 1.04. The molecule has 0 aliphatic rings. The van der Waals surface area contributed by atoms with Crippen molar-refractivity contribution in [2.75, 3.05) is 6.61 Å². The quantitative estimate of drug-likeness (QED) is 0.717. The summed E-state index contributed by atoms with van der Waals surface area (Å²) in [5.74, 6) is -0.938. The Morgan fingerprint density at radius 2 is 2.13 bits per heavy atom. The van der Waals surface area contributed by atoms with Crippen LogP contribution in [-0.2, 0) is 9.53 Å². The van der Waals surface area contributed by atoms with Crippen molar-refractivity contribution in [2.45, 2.75) is 20.0 Å². The molecule has 0 saturated heterocycles. The van der Waals surface area contributed by atoms with Gasteiger partial charge in [-0.2, -0.15) is 0 Å². The third-order valence-electron chi connectivity index (χ3n) is 1.76. The highest BCUT2D eigenvalue weighted by Crippen LogP contribution is 2.17. The standard InChI is InChI=1S/C11H13FO3/c1-3-14-11(13)8(2)15-10-7-5-4-6-9(10)12/h4-8H,3H2,1-2H3/t8-/m1/s1. The summed E-state index contributed by atoms with van der Waals surface area (Å²) in [5, 5.41) is 0. The molecule has 0 amide bonds. The Labute approximate surface area is 87.8 Å². The van der Waals surface area contributed by atoms with Crippen molar-refractivity contribution in [3.8, 4) is 5.75 Å². The first kappa shape index (κ1) is 11.5. The van der Waals surface area contributed by atoms with E-state index in [0.717, 1.165) is 0 Å². The van der Waals surface area contributed by atoms with Crippen molar-refractivity contribution in [3.05, 3.63) is 30.1 Å². The summed E-state index contributed by atoms with van der Waals surface area (Å²) in [5.41, 5.74) is 0. The van der Waals surface area contributed by atoms with Crippen molar-refractivity contribution in [2.24, 2.45) is 0 Å². The van der Waals surface area contributed by atoms with Crippen molar-refractivity contribution in [1.82, 2.24) is 0 Å². The van der Waals surface area contributed by atoms with Gasteiger partial charge in [0, 0.05) is 0 Å². The van der Waals surface area contributed by atoms with Crippen LogP contribution in [0.25, 0.3) is 0 Å². The van der Waals surface area contributed by atoms with Crippen LogP contribution in [0.5, 0.6) is 5.75 Å². The average molecular weight is 212 g/mol. The number of carbonyl (C=O) groups excluding carboxylic acids is 1. The lowest BCUT2D eigenvalue weighted by Gasteiger charge is -2.13. The average Bonchev–Trinajstić information content (AvgIpc) is 2.21. The van der Waals surface area contributed by atoms with Gasteiger partial charge in [-0.15, -0.1) is 0 Å². The van der Waals surface area contributed by atoms with Crippen LogP contribution in [-0.4, -0.2) is 18.7 Å². The first-order chi connectivity index (χ1) is 7.15. The zero-order chi connectivity index (χ0) is 11.3. The van der Waals surface area contributed by atoms with Crippen LogP contribution in [0.15, 0.2) is 24.3 Å². The largest absolute Gasteiger partial charge is 0.476 e. The van der Waals surface area contributed by atoms with E-state index in [0.29, 0.717) is 0 Å². The molecule has 0 fully saturated rings. The molecular weight excluding hydrogens is 199 g/mol. The molecule has 0 aromatic heterocycles. The molecule has 0 spiro atoms. The molecule has 0 bridgehead atoms. The second kappa shape index (κ2) is 5.34. The Kier molecular flexibility index (Phi) is 4.09. The minimum atomic E-state index is -0.804. The Bertz CT molecular complexity index is 338. The topological polar surface area (TPSA) is 35.5 Å². The summed E-state index contributed by atoms with van der Waals surface area (Å²) < 4.78 is 23.0. The number of hydrogen-bond acceptors (Lipinski definition) is 3. The molecule has 0 aliphatic carbocycles. The molecule has 82 valence electrons. The molecule has 0 saturated carbocycles. The van der Waals surface area contributed by atoms with Gasteiger partial charge in [0.05, 0.1) is 6.61 Å². The molecule has 0 radical (unpaired) electrons. The second-order valence-corrected chi connectivity index (χ2v) is 2.94. The minimum absolute atomic E-state index is 0.0538. The van der Waals surface area contributed by atoms with Crippen LogP contribution in [0, 0.1) is 5.82 Å². The van der Waals surface area contributed by atoms with E-state index in [4.69, 9.17) is 9.47 Å².